The summed E-state index contributed by atoms with van der Waals surface area (Å²) < 4.78 is 4.80. The Bertz CT molecular complexity index is 459. The zero-order chi connectivity index (χ0) is 15.7. The summed E-state index contributed by atoms with van der Waals surface area (Å²) in [6.45, 7) is 2.12. The molecule has 116 valence electrons. The number of carbonyl (C=O) groups excluding carboxylic acids is 2. The lowest BCUT2D eigenvalue weighted by molar-refractivity contribution is -0.120. The van der Waals surface area contributed by atoms with Gasteiger partial charge in [-0.15, -0.1) is 0 Å². The topological polar surface area (TPSA) is 87.7 Å². The van der Waals surface area contributed by atoms with E-state index in [1.807, 2.05) is 0 Å². The number of hydrogen-bond donors (Lipinski definition) is 3. The Morgan fingerprint density at radius 3 is 2.52 bits per heavy atom. The molecule has 6 heteroatoms. The van der Waals surface area contributed by atoms with E-state index >= 15 is 0 Å². The lowest BCUT2D eigenvalue weighted by Gasteiger charge is -2.10. The van der Waals surface area contributed by atoms with Gasteiger partial charge >= 0.3 is 0 Å². The van der Waals surface area contributed by atoms with Crippen LogP contribution in [0.2, 0.25) is 0 Å². The van der Waals surface area contributed by atoms with E-state index < -0.39 is 6.10 Å². The van der Waals surface area contributed by atoms with Crippen LogP contribution in [0.3, 0.4) is 0 Å². The number of benzene rings is 1. The molecule has 0 aliphatic carbocycles. The minimum absolute atomic E-state index is 0.105. The van der Waals surface area contributed by atoms with Crippen LogP contribution < -0.4 is 10.6 Å². The first-order chi connectivity index (χ1) is 10.0. The van der Waals surface area contributed by atoms with Gasteiger partial charge in [0, 0.05) is 26.3 Å². The Morgan fingerprint density at radius 1 is 1.29 bits per heavy atom. The van der Waals surface area contributed by atoms with Crippen molar-refractivity contribution in [3.8, 4) is 0 Å². The molecule has 0 saturated carbocycles. The van der Waals surface area contributed by atoms with Crippen LogP contribution in [0, 0.1) is 0 Å². The van der Waals surface area contributed by atoms with Gasteiger partial charge < -0.3 is 20.5 Å². The molecule has 1 aromatic carbocycles. The maximum atomic E-state index is 11.7. The molecule has 6 nitrogen and oxygen atoms in total. The predicted octanol–water partition coefficient (Wildman–Crippen LogP) is 0.701. The van der Waals surface area contributed by atoms with Crippen molar-refractivity contribution in [2.75, 3.05) is 25.6 Å². The van der Waals surface area contributed by atoms with Crippen LogP contribution in [-0.4, -0.2) is 43.3 Å². The summed E-state index contributed by atoms with van der Waals surface area (Å²) in [5.41, 5.74) is 1.56. The van der Waals surface area contributed by atoms with E-state index in [0.717, 1.165) is 5.56 Å². The first-order valence-corrected chi connectivity index (χ1v) is 6.81. The molecule has 0 aromatic heterocycles. The molecular weight excluding hydrogens is 272 g/mol. The van der Waals surface area contributed by atoms with Crippen molar-refractivity contribution in [1.82, 2.24) is 5.32 Å². The lowest BCUT2D eigenvalue weighted by Crippen LogP contribution is -2.29. The standard InChI is InChI=1S/C15H22N2O4/c1-11(18)17-13-5-3-12(4-6-13)9-15(20)16-8-7-14(19)10-21-2/h3-6,14,19H,7-10H2,1-2H3,(H,16,20)(H,17,18). The SMILES string of the molecule is COCC(O)CCNC(=O)Cc1ccc(NC(C)=O)cc1. The molecule has 3 N–H and O–H groups in total. The van der Waals surface area contributed by atoms with Gasteiger partial charge in [-0.3, -0.25) is 9.59 Å². The average molecular weight is 294 g/mol. The van der Waals surface area contributed by atoms with Crippen LogP contribution in [0.5, 0.6) is 0 Å². The number of ether oxygens (including phenoxy) is 1. The van der Waals surface area contributed by atoms with Gasteiger partial charge in [-0.25, -0.2) is 0 Å². The summed E-state index contributed by atoms with van der Waals surface area (Å²) in [5, 5.41) is 14.9. The third kappa shape index (κ3) is 7.43. The van der Waals surface area contributed by atoms with E-state index in [0.29, 0.717) is 18.7 Å². The van der Waals surface area contributed by atoms with Crippen LogP contribution in [0.15, 0.2) is 24.3 Å². The van der Waals surface area contributed by atoms with Crippen LogP contribution >= 0.6 is 0 Å². The van der Waals surface area contributed by atoms with E-state index in [1.165, 1.54) is 14.0 Å². The largest absolute Gasteiger partial charge is 0.391 e. The zero-order valence-corrected chi connectivity index (χ0v) is 12.4. The second-order valence-electron chi connectivity index (χ2n) is 4.80. The molecule has 0 aliphatic heterocycles. The number of methoxy groups -OCH3 is 1. The van der Waals surface area contributed by atoms with Crippen LogP contribution in [0.25, 0.3) is 0 Å². The quantitative estimate of drug-likeness (QED) is 0.658. The maximum Gasteiger partial charge on any atom is 0.224 e. The molecule has 0 aliphatic rings. The van der Waals surface area contributed by atoms with Gasteiger partial charge in [0.25, 0.3) is 0 Å². The normalized spacial score (nSPS) is 11.8. The van der Waals surface area contributed by atoms with E-state index in [2.05, 4.69) is 10.6 Å². The fourth-order valence-corrected chi connectivity index (χ4v) is 1.81. The predicted molar refractivity (Wildman–Crippen MR) is 80.0 cm³/mol. The Hall–Kier alpha value is -1.92. The molecule has 0 radical (unpaired) electrons. The summed E-state index contributed by atoms with van der Waals surface area (Å²) in [6, 6.07) is 7.11. The van der Waals surface area contributed by atoms with E-state index in [4.69, 9.17) is 4.74 Å². The van der Waals surface area contributed by atoms with Gasteiger partial charge in [-0.1, -0.05) is 12.1 Å². The molecule has 0 fully saturated rings. The summed E-state index contributed by atoms with van der Waals surface area (Å²) in [4.78, 5) is 22.6. The molecule has 0 spiro atoms. The van der Waals surface area contributed by atoms with E-state index in [-0.39, 0.29) is 24.8 Å². The van der Waals surface area contributed by atoms with Crippen LogP contribution in [0.1, 0.15) is 18.9 Å². The first kappa shape index (κ1) is 17.1. The summed E-state index contributed by atoms with van der Waals surface area (Å²) in [7, 11) is 1.52. The Balaban J connectivity index is 2.32. The van der Waals surface area contributed by atoms with Gasteiger partial charge in [0.05, 0.1) is 19.1 Å². The molecular formula is C15H22N2O4. The van der Waals surface area contributed by atoms with Gasteiger partial charge in [0.15, 0.2) is 0 Å². The molecule has 1 rings (SSSR count). The molecule has 0 bridgehead atoms. The maximum absolute atomic E-state index is 11.7. The van der Waals surface area contributed by atoms with E-state index in [1.54, 1.807) is 24.3 Å². The summed E-state index contributed by atoms with van der Waals surface area (Å²) >= 11 is 0. The highest BCUT2D eigenvalue weighted by Gasteiger charge is 2.06. The van der Waals surface area contributed by atoms with Crippen molar-refractivity contribution in [2.24, 2.45) is 0 Å². The molecule has 1 atom stereocenters. The molecule has 0 heterocycles. The number of aliphatic hydroxyl groups is 1. The fraction of sp³-hybridized carbons (Fsp3) is 0.467. The average Bonchev–Trinajstić information content (AvgIpc) is 2.40. The highest BCUT2D eigenvalue weighted by molar-refractivity contribution is 5.88. The van der Waals surface area contributed by atoms with E-state index in [9.17, 15) is 14.7 Å². The van der Waals surface area contributed by atoms with Crippen molar-refractivity contribution in [3.63, 3.8) is 0 Å². The first-order valence-electron chi connectivity index (χ1n) is 6.81. The second kappa shape index (κ2) is 9.10. The zero-order valence-electron chi connectivity index (χ0n) is 12.4. The number of carbonyl (C=O) groups is 2. The molecule has 1 aromatic rings. The van der Waals surface area contributed by atoms with Gasteiger partial charge in [-0.2, -0.15) is 0 Å². The monoisotopic (exact) mass is 294 g/mol. The molecule has 21 heavy (non-hydrogen) atoms. The highest BCUT2D eigenvalue weighted by Crippen LogP contribution is 2.09. The number of amides is 2. The minimum Gasteiger partial charge on any atom is -0.391 e. The summed E-state index contributed by atoms with van der Waals surface area (Å²) in [5.74, 6) is -0.234. The van der Waals surface area contributed by atoms with Crippen molar-refractivity contribution in [1.29, 1.82) is 0 Å². The Labute approximate surface area is 124 Å². The molecule has 2 amide bonds. The van der Waals surface area contributed by atoms with Crippen LogP contribution in [0.4, 0.5) is 5.69 Å². The van der Waals surface area contributed by atoms with Crippen molar-refractivity contribution < 1.29 is 19.4 Å². The number of anilines is 1. The smallest absolute Gasteiger partial charge is 0.224 e. The number of aliphatic hydroxyl groups excluding tert-OH is 1. The van der Waals surface area contributed by atoms with Crippen molar-refractivity contribution in [3.05, 3.63) is 29.8 Å². The highest BCUT2D eigenvalue weighted by atomic mass is 16.5. The minimum atomic E-state index is -0.563. The number of hydrogen-bond acceptors (Lipinski definition) is 4. The summed E-state index contributed by atoms with van der Waals surface area (Å²) in [6.07, 6.45) is 0.161. The number of nitrogens with one attached hydrogen (secondary N) is 2. The van der Waals surface area contributed by atoms with Gasteiger partial charge in [-0.05, 0) is 24.1 Å². The number of rotatable bonds is 8. The third-order valence-corrected chi connectivity index (χ3v) is 2.80. The second-order valence-corrected chi connectivity index (χ2v) is 4.80. The van der Waals surface area contributed by atoms with Gasteiger partial charge in [0.1, 0.15) is 0 Å². The van der Waals surface area contributed by atoms with Crippen LogP contribution in [-0.2, 0) is 20.7 Å². The van der Waals surface area contributed by atoms with Crippen molar-refractivity contribution in [2.45, 2.75) is 25.9 Å². The van der Waals surface area contributed by atoms with Crippen molar-refractivity contribution >= 4 is 17.5 Å². The molecule has 0 saturated heterocycles. The van der Waals surface area contributed by atoms with Gasteiger partial charge in [0.2, 0.25) is 11.8 Å². The Morgan fingerprint density at radius 2 is 1.95 bits per heavy atom. The fourth-order valence-electron chi connectivity index (χ4n) is 1.81. The Kier molecular flexibility index (Phi) is 7.42. The third-order valence-electron chi connectivity index (χ3n) is 2.80. The molecule has 1 unspecified atom stereocenters. The lowest BCUT2D eigenvalue weighted by atomic mass is 10.1.